The number of hydrogen-bond acceptors (Lipinski definition) is 3. The van der Waals surface area contributed by atoms with E-state index >= 15 is 0 Å². The van der Waals surface area contributed by atoms with Crippen LogP contribution in [0.15, 0.2) is 18.2 Å². The van der Waals surface area contributed by atoms with Crippen LogP contribution in [0.5, 0.6) is 0 Å². The number of hydrogen-bond donors (Lipinski definition) is 2. The molecule has 0 saturated heterocycles. The van der Waals surface area contributed by atoms with Gasteiger partial charge in [-0.2, -0.15) is 0 Å². The lowest BCUT2D eigenvalue weighted by Crippen LogP contribution is -2.29. The van der Waals surface area contributed by atoms with Crippen molar-refractivity contribution in [1.82, 2.24) is 20.1 Å². The van der Waals surface area contributed by atoms with E-state index in [-0.39, 0.29) is 6.03 Å². The van der Waals surface area contributed by atoms with Crippen LogP contribution in [0.1, 0.15) is 35.6 Å². The molecule has 0 unspecified atom stereocenters. The van der Waals surface area contributed by atoms with Gasteiger partial charge >= 0.3 is 6.03 Å². The molecule has 0 saturated carbocycles. The zero-order chi connectivity index (χ0) is 14.9. The maximum absolute atomic E-state index is 12.0. The van der Waals surface area contributed by atoms with E-state index in [4.69, 9.17) is 0 Å². The van der Waals surface area contributed by atoms with Gasteiger partial charge in [0, 0.05) is 18.7 Å². The summed E-state index contributed by atoms with van der Waals surface area (Å²) in [4.78, 5) is 12.0. The summed E-state index contributed by atoms with van der Waals surface area (Å²) >= 11 is 0. The highest BCUT2D eigenvalue weighted by Crippen LogP contribution is 2.24. The second-order valence-corrected chi connectivity index (χ2v) is 5.93. The molecule has 0 spiro atoms. The molecule has 6 nitrogen and oxygen atoms in total. The average Bonchev–Trinajstić information content (AvgIpc) is 3.21. The maximum atomic E-state index is 12.0. The number of aromatic nitrogens is 3. The van der Waals surface area contributed by atoms with Gasteiger partial charge in [-0.15, -0.1) is 10.2 Å². The molecule has 1 aliphatic heterocycles. The van der Waals surface area contributed by atoms with E-state index in [1.807, 2.05) is 6.07 Å². The van der Waals surface area contributed by atoms with Gasteiger partial charge in [-0.05, 0) is 48.9 Å². The number of fused-ring (bicyclic) bond motifs is 2. The first-order valence-electron chi connectivity index (χ1n) is 7.87. The van der Waals surface area contributed by atoms with Gasteiger partial charge in [0.1, 0.15) is 5.82 Å². The molecule has 2 amide bonds. The second-order valence-electron chi connectivity index (χ2n) is 5.93. The standard InChI is InChI=1S/C16H19N5O/c22-16(17-10-15-20-19-14-5-2-8-21(14)15)18-13-7-6-11-3-1-4-12(11)9-13/h6-7,9H,1-5,8,10H2,(H2,17,18,22). The number of urea groups is 1. The number of carbonyl (C=O) groups is 1. The zero-order valence-electron chi connectivity index (χ0n) is 12.4. The minimum Gasteiger partial charge on any atom is -0.331 e. The van der Waals surface area contributed by atoms with Gasteiger partial charge in [-0.3, -0.25) is 0 Å². The van der Waals surface area contributed by atoms with E-state index < -0.39 is 0 Å². The molecule has 1 aromatic carbocycles. The fraction of sp³-hybridized carbons (Fsp3) is 0.438. The van der Waals surface area contributed by atoms with Gasteiger partial charge < -0.3 is 15.2 Å². The van der Waals surface area contributed by atoms with Crippen molar-refractivity contribution in [2.75, 3.05) is 5.32 Å². The van der Waals surface area contributed by atoms with Crippen LogP contribution >= 0.6 is 0 Å². The molecule has 2 aromatic rings. The van der Waals surface area contributed by atoms with Gasteiger partial charge in [-0.25, -0.2) is 4.79 Å². The SMILES string of the molecule is O=C(NCc1nnc2n1CCC2)Nc1ccc2c(c1)CCC2. The van der Waals surface area contributed by atoms with E-state index in [1.165, 1.54) is 17.5 Å². The molecule has 0 fully saturated rings. The smallest absolute Gasteiger partial charge is 0.319 e. The number of nitrogens with zero attached hydrogens (tertiary/aromatic N) is 3. The Morgan fingerprint density at radius 1 is 1.14 bits per heavy atom. The molecule has 0 bridgehead atoms. The molecule has 1 aromatic heterocycles. The molecule has 2 heterocycles. The second kappa shape index (κ2) is 5.44. The highest BCUT2D eigenvalue weighted by molar-refractivity contribution is 5.89. The molecule has 2 aliphatic rings. The van der Waals surface area contributed by atoms with Crippen molar-refractivity contribution >= 4 is 11.7 Å². The number of benzene rings is 1. The Morgan fingerprint density at radius 3 is 3.00 bits per heavy atom. The predicted octanol–water partition coefficient (Wildman–Crippen LogP) is 2.03. The summed E-state index contributed by atoms with van der Waals surface area (Å²) in [5.74, 6) is 1.85. The summed E-state index contributed by atoms with van der Waals surface area (Å²) < 4.78 is 2.09. The lowest BCUT2D eigenvalue weighted by Gasteiger charge is -2.09. The number of amides is 2. The maximum Gasteiger partial charge on any atom is 0.319 e. The monoisotopic (exact) mass is 297 g/mol. The van der Waals surface area contributed by atoms with Gasteiger partial charge in [0.2, 0.25) is 0 Å². The molecule has 22 heavy (non-hydrogen) atoms. The first-order chi connectivity index (χ1) is 10.8. The summed E-state index contributed by atoms with van der Waals surface area (Å²) in [6, 6.07) is 5.96. The predicted molar refractivity (Wildman–Crippen MR) is 82.7 cm³/mol. The topological polar surface area (TPSA) is 71.8 Å². The lowest BCUT2D eigenvalue weighted by atomic mass is 10.1. The van der Waals surface area contributed by atoms with Crippen LogP contribution in [0.4, 0.5) is 10.5 Å². The molecule has 114 valence electrons. The highest BCUT2D eigenvalue weighted by Gasteiger charge is 2.17. The Kier molecular flexibility index (Phi) is 3.29. The fourth-order valence-corrected chi connectivity index (χ4v) is 3.33. The van der Waals surface area contributed by atoms with E-state index in [9.17, 15) is 4.79 Å². The van der Waals surface area contributed by atoms with Crippen LogP contribution in [0, 0.1) is 0 Å². The number of nitrogens with one attached hydrogen (secondary N) is 2. The molecule has 0 atom stereocenters. The molecule has 1 aliphatic carbocycles. The lowest BCUT2D eigenvalue weighted by molar-refractivity contribution is 0.251. The van der Waals surface area contributed by atoms with Crippen molar-refractivity contribution in [3.8, 4) is 0 Å². The summed E-state index contributed by atoms with van der Waals surface area (Å²) in [7, 11) is 0. The molecule has 4 rings (SSSR count). The van der Waals surface area contributed by atoms with Crippen molar-refractivity contribution in [3.63, 3.8) is 0 Å². The Labute approximate surface area is 128 Å². The number of rotatable bonds is 3. The zero-order valence-corrected chi connectivity index (χ0v) is 12.4. The van der Waals surface area contributed by atoms with E-state index in [1.54, 1.807) is 0 Å². The van der Waals surface area contributed by atoms with E-state index in [0.29, 0.717) is 6.54 Å². The Bertz CT molecular complexity index is 721. The summed E-state index contributed by atoms with van der Waals surface area (Å²) in [6.45, 7) is 1.36. The van der Waals surface area contributed by atoms with Crippen LogP contribution in [0.25, 0.3) is 0 Å². The van der Waals surface area contributed by atoms with Crippen LogP contribution in [0.2, 0.25) is 0 Å². The normalized spacial score (nSPS) is 15.5. The fourth-order valence-electron chi connectivity index (χ4n) is 3.33. The van der Waals surface area contributed by atoms with Crippen molar-refractivity contribution in [2.24, 2.45) is 0 Å². The Hall–Kier alpha value is -2.37. The third kappa shape index (κ3) is 2.45. The van der Waals surface area contributed by atoms with Gasteiger partial charge in [-0.1, -0.05) is 6.07 Å². The van der Waals surface area contributed by atoms with E-state index in [2.05, 4.69) is 37.5 Å². The molecule has 6 heteroatoms. The first kappa shape index (κ1) is 13.3. The number of carbonyl (C=O) groups excluding carboxylic acids is 1. The van der Waals surface area contributed by atoms with Crippen LogP contribution in [-0.4, -0.2) is 20.8 Å². The average molecular weight is 297 g/mol. The van der Waals surface area contributed by atoms with Crippen molar-refractivity contribution in [3.05, 3.63) is 41.0 Å². The first-order valence-corrected chi connectivity index (χ1v) is 7.87. The van der Waals surface area contributed by atoms with Gasteiger partial charge in [0.25, 0.3) is 0 Å². The van der Waals surface area contributed by atoms with Crippen molar-refractivity contribution in [2.45, 2.75) is 45.2 Å². The molecular formula is C16H19N5O. The Balaban J connectivity index is 1.36. The Morgan fingerprint density at radius 2 is 2.05 bits per heavy atom. The quantitative estimate of drug-likeness (QED) is 0.910. The van der Waals surface area contributed by atoms with Gasteiger partial charge in [0.15, 0.2) is 5.82 Å². The van der Waals surface area contributed by atoms with Gasteiger partial charge in [0.05, 0.1) is 6.54 Å². The number of aryl methyl sites for hydroxylation is 3. The summed E-state index contributed by atoms with van der Waals surface area (Å²) in [6.07, 6.45) is 5.56. The third-order valence-electron chi connectivity index (χ3n) is 4.45. The van der Waals surface area contributed by atoms with E-state index in [0.717, 1.165) is 49.6 Å². The minimum absolute atomic E-state index is 0.201. The largest absolute Gasteiger partial charge is 0.331 e. The summed E-state index contributed by atoms with van der Waals surface area (Å²) in [5, 5.41) is 14.0. The minimum atomic E-state index is -0.201. The third-order valence-corrected chi connectivity index (χ3v) is 4.45. The molecule has 2 N–H and O–H groups in total. The van der Waals surface area contributed by atoms with Crippen molar-refractivity contribution < 1.29 is 4.79 Å². The molecule has 0 radical (unpaired) electrons. The molecular weight excluding hydrogens is 278 g/mol. The highest BCUT2D eigenvalue weighted by atomic mass is 16.2. The number of anilines is 1. The van der Waals surface area contributed by atoms with Crippen LogP contribution < -0.4 is 10.6 Å². The summed E-state index contributed by atoms with van der Waals surface area (Å²) in [5.41, 5.74) is 3.61. The van der Waals surface area contributed by atoms with Crippen LogP contribution in [0.3, 0.4) is 0 Å². The van der Waals surface area contributed by atoms with Crippen LogP contribution in [-0.2, 0) is 32.4 Å². The van der Waals surface area contributed by atoms with Crippen molar-refractivity contribution in [1.29, 1.82) is 0 Å².